The maximum absolute atomic E-state index is 12.8. The molecular weight excluding hydrogens is 424 g/mol. The number of allylic oxidation sites excluding steroid dienone is 2. The Morgan fingerprint density at radius 1 is 0.806 bits per heavy atom. The molecule has 31 heavy (non-hydrogen) atoms. The Morgan fingerprint density at radius 2 is 1.26 bits per heavy atom. The van der Waals surface area contributed by atoms with Crippen molar-refractivity contribution in [2.45, 2.75) is 0 Å². The fourth-order valence-electron chi connectivity index (χ4n) is 2.48. The lowest BCUT2D eigenvalue weighted by Crippen LogP contribution is -2.09. The summed E-state index contributed by atoms with van der Waals surface area (Å²) >= 11 is 0. The van der Waals surface area contributed by atoms with Crippen molar-refractivity contribution in [2.24, 2.45) is 0 Å². The molecule has 152 valence electrons. The van der Waals surface area contributed by atoms with Crippen LogP contribution in [0.5, 0.6) is 0 Å². The minimum Gasteiger partial charge on any atom is -0.343 e. The molecule has 4 aromatic heterocycles. The molecule has 0 saturated carbocycles. The lowest BCUT2D eigenvalue weighted by molar-refractivity contribution is 0.609. The zero-order chi connectivity index (χ0) is 21.8. The maximum atomic E-state index is 12.8. The second-order valence-electron chi connectivity index (χ2n) is 5.68. The van der Waals surface area contributed by atoms with E-state index in [0.717, 1.165) is 12.4 Å². The second kappa shape index (κ2) is 7.85. The van der Waals surface area contributed by atoms with Gasteiger partial charge in [-0.2, -0.15) is 10.5 Å². The fraction of sp³-hybridized carbons (Fsp3) is 0. The van der Waals surface area contributed by atoms with Crippen molar-refractivity contribution in [3.63, 3.8) is 0 Å². The van der Waals surface area contributed by atoms with Crippen LogP contribution >= 0.6 is 0 Å². The third kappa shape index (κ3) is 3.59. The molecule has 0 fully saturated rings. The minimum absolute atomic E-state index is 0.202. The summed E-state index contributed by atoms with van der Waals surface area (Å²) in [6, 6.07) is 3.15. The summed E-state index contributed by atoms with van der Waals surface area (Å²) in [5.41, 5.74) is 1.53. The smallest absolute Gasteiger partial charge is 0.229 e. The predicted molar refractivity (Wildman–Crippen MR) is 107 cm³/mol. The molecule has 0 spiro atoms. The number of nitrogens with zero attached hydrogens (tertiary/aromatic N) is 8. The molecule has 0 unspecified atom stereocenters. The molecule has 4 aromatic rings. The van der Waals surface area contributed by atoms with Gasteiger partial charge in [0.1, 0.15) is 35.8 Å². The van der Waals surface area contributed by atoms with E-state index >= 15 is 0 Å². The number of fused-ring (bicyclic) bond motifs is 2. The fourth-order valence-corrected chi connectivity index (χ4v) is 3.38. The van der Waals surface area contributed by atoms with Gasteiger partial charge in [0.05, 0.1) is 12.7 Å². The largest absolute Gasteiger partial charge is 0.343 e. The Bertz CT molecular complexity index is 1420. The molecule has 0 amide bonds. The quantitative estimate of drug-likeness (QED) is 0.308. The zero-order valence-corrected chi connectivity index (χ0v) is 16.1. The van der Waals surface area contributed by atoms with E-state index in [1.54, 1.807) is 12.1 Å². The minimum atomic E-state index is -4.45. The van der Waals surface area contributed by atoms with Gasteiger partial charge >= 0.3 is 0 Å². The van der Waals surface area contributed by atoms with Gasteiger partial charge in [-0.15, -0.1) is 0 Å². The first-order valence-electron chi connectivity index (χ1n) is 8.31. The van der Waals surface area contributed by atoms with Gasteiger partial charge in [-0.3, -0.25) is 0 Å². The van der Waals surface area contributed by atoms with Gasteiger partial charge in [-0.25, -0.2) is 38.3 Å². The Kier molecular flexibility index (Phi) is 4.92. The molecule has 14 nitrogen and oxygen atoms in total. The van der Waals surface area contributed by atoms with Crippen LogP contribution in [0.4, 0.5) is 11.6 Å². The van der Waals surface area contributed by atoms with Gasteiger partial charge in [0.15, 0.2) is 32.7 Å². The van der Waals surface area contributed by atoms with Crippen LogP contribution < -0.4 is 10.6 Å². The summed E-state index contributed by atoms with van der Waals surface area (Å²) in [5.74, 6) is 0.405. The zero-order valence-electron chi connectivity index (χ0n) is 15.3. The van der Waals surface area contributed by atoms with Crippen LogP contribution in [-0.2, 0) is 9.84 Å². The van der Waals surface area contributed by atoms with Gasteiger partial charge in [-0.05, 0) is 0 Å². The van der Waals surface area contributed by atoms with E-state index in [4.69, 9.17) is 0 Å². The molecule has 4 heterocycles. The Balaban J connectivity index is 1.64. The Morgan fingerprint density at radius 3 is 1.68 bits per heavy atom. The van der Waals surface area contributed by atoms with Gasteiger partial charge in [0, 0.05) is 12.4 Å². The average molecular weight is 434 g/mol. The van der Waals surface area contributed by atoms with E-state index in [2.05, 4.69) is 50.5 Å². The topological polar surface area (TPSA) is 215 Å². The van der Waals surface area contributed by atoms with Crippen LogP contribution in [0.2, 0.25) is 0 Å². The van der Waals surface area contributed by atoms with Crippen molar-refractivity contribution in [3.05, 3.63) is 47.5 Å². The van der Waals surface area contributed by atoms with E-state index in [9.17, 15) is 18.9 Å². The number of H-pyrrole nitrogens is 2. The van der Waals surface area contributed by atoms with Crippen LogP contribution in [0, 0.1) is 22.7 Å². The third-order valence-electron chi connectivity index (χ3n) is 3.93. The first-order chi connectivity index (χ1) is 15.0. The lowest BCUT2D eigenvalue weighted by atomic mass is 10.5. The number of nitriles is 2. The Labute approximate surface area is 173 Å². The number of anilines is 2. The number of imidazole rings is 2. The van der Waals surface area contributed by atoms with E-state index in [-0.39, 0.29) is 11.6 Å². The van der Waals surface area contributed by atoms with Gasteiger partial charge in [-0.1, -0.05) is 0 Å². The normalized spacial score (nSPS) is 12.5. The van der Waals surface area contributed by atoms with Crippen molar-refractivity contribution in [1.82, 2.24) is 39.9 Å². The summed E-state index contributed by atoms with van der Waals surface area (Å²) in [6.07, 6.45) is 7.09. The molecule has 0 bridgehead atoms. The molecule has 0 aliphatic heterocycles. The summed E-state index contributed by atoms with van der Waals surface area (Å²) in [7, 11) is -4.45. The molecule has 0 aliphatic rings. The van der Waals surface area contributed by atoms with Crippen LogP contribution in [0.3, 0.4) is 0 Å². The Hall–Kier alpha value is -4.89. The molecule has 0 radical (unpaired) electrons. The standard InChI is InChI=1S/C16H10N12O2S/c17-1-9(3-19-13-11-15(23-5-21-11)27-7-25-13)31(29,30)10(2-18)4-20-14-12-16(24-6-22-12)28-8-26-14/h3-8H,(H2,19,21,23,25,27)(H2,20,22,24,26,28)/b9-3+,10-4+. The summed E-state index contributed by atoms with van der Waals surface area (Å²) in [5, 5.41) is 24.0. The molecule has 0 aromatic carbocycles. The summed E-state index contributed by atoms with van der Waals surface area (Å²) < 4.78 is 25.6. The molecule has 0 aliphatic carbocycles. The van der Waals surface area contributed by atoms with E-state index in [0.29, 0.717) is 22.3 Å². The van der Waals surface area contributed by atoms with Crippen molar-refractivity contribution >= 4 is 43.8 Å². The molecule has 4 rings (SSSR count). The SMILES string of the molecule is N#C/C(=C\Nc1ncnc2nc[nH]c12)S(=O)(=O)/C(C#N)=C/Nc1ncnc2nc[nH]c12. The van der Waals surface area contributed by atoms with Crippen molar-refractivity contribution in [3.8, 4) is 12.1 Å². The van der Waals surface area contributed by atoms with Crippen molar-refractivity contribution in [2.75, 3.05) is 10.6 Å². The van der Waals surface area contributed by atoms with Gasteiger partial charge in [0.25, 0.3) is 0 Å². The average Bonchev–Trinajstić information content (AvgIpc) is 3.44. The van der Waals surface area contributed by atoms with Crippen molar-refractivity contribution in [1.29, 1.82) is 10.5 Å². The highest BCUT2D eigenvalue weighted by Crippen LogP contribution is 2.20. The molecule has 0 atom stereocenters. The highest BCUT2D eigenvalue weighted by Gasteiger charge is 2.24. The number of aromatic nitrogens is 8. The van der Waals surface area contributed by atoms with E-state index in [1.807, 2.05) is 0 Å². The first kappa shape index (κ1) is 19.4. The molecule has 4 N–H and O–H groups in total. The summed E-state index contributed by atoms with van der Waals surface area (Å²) in [4.78, 5) is 27.9. The maximum Gasteiger partial charge on any atom is 0.229 e. The predicted octanol–water partition coefficient (Wildman–Crippen LogP) is 0.688. The monoisotopic (exact) mass is 434 g/mol. The van der Waals surface area contributed by atoms with Crippen LogP contribution in [0.25, 0.3) is 22.3 Å². The highest BCUT2D eigenvalue weighted by atomic mass is 32.2. The van der Waals surface area contributed by atoms with E-state index in [1.165, 1.54) is 25.3 Å². The van der Waals surface area contributed by atoms with Crippen LogP contribution in [-0.4, -0.2) is 48.3 Å². The number of aromatic amines is 2. The van der Waals surface area contributed by atoms with Gasteiger partial charge < -0.3 is 20.6 Å². The third-order valence-corrected chi connectivity index (χ3v) is 5.50. The van der Waals surface area contributed by atoms with E-state index < -0.39 is 19.6 Å². The first-order valence-corrected chi connectivity index (χ1v) is 9.79. The van der Waals surface area contributed by atoms with Crippen LogP contribution in [0.1, 0.15) is 0 Å². The molecule has 15 heteroatoms. The lowest BCUT2D eigenvalue weighted by Gasteiger charge is -2.05. The number of hydrogen-bond acceptors (Lipinski definition) is 12. The second-order valence-corrected chi connectivity index (χ2v) is 7.57. The number of rotatable bonds is 6. The molecule has 0 saturated heterocycles. The van der Waals surface area contributed by atoms with Gasteiger partial charge in [0.2, 0.25) is 9.84 Å². The summed E-state index contributed by atoms with van der Waals surface area (Å²) in [6.45, 7) is 0. The highest BCUT2D eigenvalue weighted by molar-refractivity contribution is 7.99. The number of hydrogen-bond donors (Lipinski definition) is 4. The van der Waals surface area contributed by atoms with Crippen LogP contribution in [0.15, 0.2) is 47.5 Å². The number of sulfone groups is 1. The molecular formula is C16H10N12O2S. The van der Waals surface area contributed by atoms with Crippen molar-refractivity contribution < 1.29 is 8.42 Å². The number of nitrogens with one attached hydrogen (secondary N) is 4.